The third kappa shape index (κ3) is 5.69. The fraction of sp³-hybridized carbons (Fsp3) is 0.351. The van der Waals surface area contributed by atoms with Gasteiger partial charge in [0.2, 0.25) is 0 Å². The van der Waals surface area contributed by atoms with Crippen molar-refractivity contribution >= 4 is 22.8 Å². The van der Waals surface area contributed by atoms with Gasteiger partial charge >= 0.3 is 11.9 Å². The number of rotatable bonds is 11. The number of hydrogen-bond donors (Lipinski definition) is 2. The first-order chi connectivity index (χ1) is 21.2. The standard InChI is InChI=1S/C37H36FNO5/c1-23-26(8-6-11-32(23)38)7-3-4-20-44-28-16-13-25(14-17-28)12-15-27-9-5-10-29-30(24(2)39(35(27)29)22-33(40)41)21-31-34(36(42)43)37(31)18-19-37/h5-6,8-11,13-14,16-17,31,34H,3-4,7,18-22H2,1-2H3,(H,40,41)(H,42,43). The second kappa shape index (κ2) is 11.8. The summed E-state index contributed by atoms with van der Waals surface area (Å²) in [5, 5.41) is 20.4. The number of para-hydroxylation sites is 1. The Labute approximate surface area is 256 Å². The van der Waals surface area contributed by atoms with E-state index >= 15 is 0 Å². The largest absolute Gasteiger partial charge is 0.494 e. The lowest BCUT2D eigenvalue weighted by Gasteiger charge is -2.08. The number of ether oxygens (including phenoxy) is 1. The zero-order valence-electron chi connectivity index (χ0n) is 25.0. The van der Waals surface area contributed by atoms with Crippen LogP contribution < -0.4 is 4.74 Å². The number of aromatic nitrogens is 1. The van der Waals surface area contributed by atoms with Gasteiger partial charge in [-0.25, -0.2) is 4.39 Å². The highest BCUT2D eigenvalue weighted by Crippen LogP contribution is 2.75. The molecule has 7 heteroatoms. The third-order valence-corrected chi connectivity index (χ3v) is 9.62. The van der Waals surface area contributed by atoms with Crippen LogP contribution in [0.1, 0.15) is 59.2 Å². The smallest absolute Gasteiger partial charge is 0.323 e. The van der Waals surface area contributed by atoms with E-state index in [-0.39, 0.29) is 29.6 Å². The number of halogens is 1. The predicted molar refractivity (Wildman–Crippen MR) is 166 cm³/mol. The van der Waals surface area contributed by atoms with Crippen molar-refractivity contribution < 1.29 is 28.9 Å². The van der Waals surface area contributed by atoms with E-state index in [1.165, 1.54) is 6.07 Å². The van der Waals surface area contributed by atoms with Crippen LogP contribution in [0.15, 0.2) is 60.7 Å². The van der Waals surface area contributed by atoms with Crippen molar-refractivity contribution in [3.05, 3.63) is 100.0 Å². The zero-order chi connectivity index (χ0) is 31.0. The minimum atomic E-state index is -0.938. The first-order valence-corrected chi connectivity index (χ1v) is 15.2. The van der Waals surface area contributed by atoms with Crippen LogP contribution >= 0.6 is 0 Å². The van der Waals surface area contributed by atoms with Crippen LogP contribution in [0.2, 0.25) is 0 Å². The summed E-state index contributed by atoms with van der Waals surface area (Å²) in [5.74, 6) is 5.19. The number of hydrogen-bond acceptors (Lipinski definition) is 3. The Morgan fingerprint density at radius 2 is 1.75 bits per heavy atom. The number of carboxylic acid groups (broad SMARTS) is 2. The van der Waals surface area contributed by atoms with Gasteiger partial charge in [0, 0.05) is 22.2 Å². The summed E-state index contributed by atoms with van der Waals surface area (Å²) in [5.41, 5.74) is 5.89. The van der Waals surface area contributed by atoms with Crippen LogP contribution in [0.25, 0.3) is 10.9 Å². The van der Waals surface area contributed by atoms with Crippen molar-refractivity contribution in [1.82, 2.24) is 4.57 Å². The number of aliphatic carboxylic acids is 2. The number of carbonyl (C=O) groups is 2. The van der Waals surface area contributed by atoms with E-state index in [1.54, 1.807) is 10.6 Å². The topological polar surface area (TPSA) is 88.8 Å². The van der Waals surface area contributed by atoms with Crippen LogP contribution in [-0.2, 0) is 29.0 Å². The van der Waals surface area contributed by atoms with E-state index in [0.717, 1.165) is 76.7 Å². The van der Waals surface area contributed by atoms with Gasteiger partial charge < -0.3 is 19.5 Å². The van der Waals surface area contributed by atoms with Gasteiger partial charge in [-0.3, -0.25) is 9.59 Å². The van der Waals surface area contributed by atoms with Crippen LogP contribution in [-0.4, -0.2) is 33.3 Å². The van der Waals surface area contributed by atoms with E-state index in [4.69, 9.17) is 4.74 Å². The molecule has 2 N–H and O–H groups in total. The first-order valence-electron chi connectivity index (χ1n) is 15.2. The molecule has 0 bridgehead atoms. The molecule has 6 nitrogen and oxygen atoms in total. The average molecular weight is 594 g/mol. The first kappa shape index (κ1) is 29.5. The number of fused-ring (bicyclic) bond motifs is 1. The second-order valence-corrected chi connectivity index (χ2v) is 12.2. The van der Waals surface area contributed by atoms with E-state index in [2.05, 4.69) is 11.8 Å². The lowest BCUT2D eigenvalue weighted by molar-refractivity contribution is -0.139. The fourth-order valence-corrected chi connectivity index (χ4v) is 6.96. The summed E-state index contributed by atoms with van der Waals surface area (Å²) in [7, 11) is 0. The molecule has 3 aromatic carbocycles. The highest BCUT2D eigenvalue weighted by molar-refractivity contribution is 5.92. The van der Waals surface area contributed by atoms with Crippen LogP contribution in [0.5, 0.6) is 5.75 Å². The molecule has 6 rings (SSSR count). The SMILES string of the molecule is Cc1c(F)cccc1CCCCOc1ccc(C#Cc2cccc3c(CC4C(C(=O)O)C45CC5)c(C)n(CC(=O)O)c23)cc1. The minimum Gasteiger partial charge on any atom is -0.494 e. The molecule has 1 heterocycles. The summed E-state index contributed by atoms with van der Waals surface area (Å²) in [6, 6.07) is 18.6. The molecular weight excluding hydrogens is 557 g/mol. The lowest BCUT2D eigenvalue weighted by Crippen LogP contribution is -2.11. The van der Waals surface area contributed by atoms with Gasteiger partial charge in [0.1, 0.15) is 18.1 Å². The Kier molecular flexibility index (Phi) is 7.94. The van der Waals surface area contributed by atoms with Crippen LogP contribution in [0.3, 0.4) is 0 Å². The number of aryl methyl sites for hydroxylation is 1. The summed E-state index contributed by atoms with van der Waals surface area (Å²) < 4.78 is 21.4. The molecule has 226 valence electrons. The molecule has 44 heavy (non-hydrogen) atoms. The number of unbranched alkanes of at least 4 members (excludes halogenated alkanes) is 1. The molecule has 2 aliphatic carbocycles. The van der Waals surface area contributed by atoms with Gasteiger partial charge in [-0.1, -0.05) is 36.1 Å². The molecule has 1 aromatic heterocycles. The summed E-state index contributed by atoms with van der Waals surface area (Å²) in [6.07, 6.45) is 5.13. The van der Waals surface area contributed by atoms with Crippen molar-refractivity contribution in [2.24, 2.45) is 17.3 Å². The summed E-state index contributed by atoms with van der Waals surface area (Å²) in [4.78, 5) is 23.7. The van der Waals surface area contributed by atoms with E-state index in [9.17, 15) is 24.2 Å². The van der Waals surface area contributed by atoms with Crippen molar-refractivity contribution in [3.8, 4) is 17.6 Å². The summed E-state index contributed by atoms with van der Waals surface area (Å²) in [6.45, 7) is 4.12. The maximum Gasteiger partial charge on any atom is 0.323 e. The molecule has 1 spiro atoms. The molecular formula is C37H36FNO5. The number of benzene rings is 3. The van der Waals surface area contributed by atoms with Gasteiger partial charge in [0.05, 0.1) is 18.0 Å². The van der Waals surface area contributed by atoms with Gasteiger partial charge in [-0.15, -0.1) is 0 Å². The van der Waals surface area contributed by atoms with Crippen molar-refractivity contribution in [1.29, 1.82) is 0 Å². The maximum absolute atomic E-state index is 13.7. The van der Waals surface area contributed by atoms with Crippen LogP contribution in [0.4, 0.5) is 4.39 Å². The Morgan fingerprint density at radius 3 is 2.43 bits per heavy atom. The highest BCUT2D eigenvalue weighted by atomic mass is 19.1. The lowest BCUT2D eigenvalue weighted by atomic mass is 10.0. The van der Waals surface area contributed by atoms with E-state index in [1.807, 2.05) is 62.4 Å². The minimum absolute atomic E-state index is 0.0607. The molecule has 2 unspecified atom stereocenters. The Morgan fingerprint density at radius 1 is 1.00 bits per heavy atom. The molecule has 2 atom stereocenters. The zero-order valence-corrected chi connectivity index (χ0v) is 25.0. The quantitative estimate of drug-likeness (QED) is 0.145. The molecule has 2 saturated carbocycles. The van der Waals surface area contributed by atoms with Gasteiger partial charge in [0.25, 0.3) is 0 Å². The summed E-state index contributed by atoms with van der Waals surface area (Å²) >= 11 is 0. The highest BCUT2D eigenvalue weighted by Gasteiger charge is 2.74. The molecule has 0 radical (unpaired) electrons. The van der Waals surface area contributed by atoms with Gasteiger partial charge in [0.15, 0.2) is 0 Å². The van der Waals surface area contributed by atoms with Crippen LogP contribution in [0, 0.1) is 48.8 Å². The molecule has 4 aromatic rings. The van der Waals surface area contributed by atoms with Gasteiger partial charge in [-0.2, -0.15) is 0 Å². The average Bonchev–Trinajstić information content (AvgIpc) is 3.90. The van der Waals surface area contributed by atoms with Crippen molar-refractivity contribution in [2.45, 2.75) is 58.9 Å². The van der Waals surface area contributed by atoms with E-state index in [0.29, 0.717) is 18.6 Å². The maximum atomic E-state index is 13.7. The Bertz CT molecular complexity index is 1810. The Hall–Kier alpha value is -4.57. The van der Waals surface area contributed by atoms with Crippen molar-refractivity contribution in [2.75, 3.05) is 6.61 Å². The molecule has 2 aliphatic rings. The Balaban J connectivity index is 1.15. The second-order valence-electron chi connectivity index (χ2n) is 12.2. The molecule has 2 fully saturated rings. The molecule has 0 amide bonds. The third-order valence-electron chi connectivity index (χ3n) is 9.62. The number of nitrogens with zero attached hydrogens (tertiary/aromatic N) is 1. The molecule has 0 aliphatic heterocycles. The fourth-order valence-electron chi connectivity index (χ4n) is 6.96. The normalized spacial score (nSPS) is 17.7. The van der Waals surface area contributed by atoms with Crippen molar-refractivity contribution in [3.63, 3.8) is 0 Å². The predicted octanol–water partition coefficient (Wildman–Crippen LogP) is 6.94. The number of carboxylic acids is 2. The van der Waals surface area contributed by atoms with E-state index < -0.39 is 11.9 Å². The monoisotopic (exact) mass is 593 g/mol. The molecule has 0 saturated heterocycles. The van der Waals surface area contributed by atoms with Gasteiger partial charge in [-0.05, 0) is 117 Å².